The lowest BCUT2D eigenvalue weighted by molar-refractivity contribution is -0.137. The van der Waals surface area contributed by atoms with Crippen LogP contribution in [0.25, 0.3) is 10.2 Å². The van der Waals surface area contributed by atoms with Crippen molar-refractivity contribution < 1.29 is 18.0 Å². The third kappa shape index (κ3) is 4.64. The average Bonchev–Trinajstić information content (AvgIpc) is 3.04. The zero-order valence-corrected chi connectivity index (χ0v) is 15.6. The summed E-state index contributed by atoms with van der Waals surface area (Å²) in [5.74, 6) is -0.384. The first kappa shape index (κ1) is 19.3. The molecule has 0 saturated heterocycles. The Labute approximate surface area is 158 Å². The second-order valence-electron chi connectivity index (χ2n) is 6.24. The molecule has 0 aliphatic rings. The maximum absolute atomic E-state index is 12.8. The second kappa shape index (κ2) is 7.66. The van der Waals surface area contributed by atoms with Crippen LogP contribution in [0.3, 0.4) is 0 Å². The molecule has 0 aliphatic carbocycles. The highest BCUT2D eigenvalue weighted by molar-refractivity contribution is 7.18. The van der Waals surface area contributed by atoms with Crippen molar-refractivity contribution in [1.82, 2.24) is 9.88 Å². The molecule has 2 aromatic carbocycles. The number of anilines is 1. The van der Waals surface area contributed by atoms with E-state index in [1.807, 2.05) is 31.2 Å². The number of nitrogens with one attached hydrogen (secondary N) is 1. The number of para-hydroxylation sites is 1. The molecule has 4 nitrogen and oxygen atoms in total. The van der Waals surface area contributed by atoms with Crippen LogP contribution in [0.2, 0.25) is 0 Å². The lowest BCUT2D eigenvalue weighted by atomic mass is 10.2. The highest BCUT2D eigenvalue weighted by atomic mass is 32.1. The summed E-state index contributed by atoms with van der Waals surface area (Å²) < 4.78 is 39.4. The summed E-state index contributed by atoms with van der Waals surface area (Å²) in [6, 6.07) is 12.3. The van der Waals surface area contributed by atoms with Crippen molar-refractivity contribution in [2.45, 2.75) is 19.1 Å². The predicted molar refractivity (Wildman–Crippen MR) is 101 cm³/mol. The van der Waals surface area contributed by atoms with Gasteiger partial charge < -0.3 is 5.32 Å². The smallest absolute Gasteiger partial charge is 0.325 e. The number of nitrogens with zero attached hydrogens (tertiary/aromatic N) is 2. The van der Waals surface area contributed by atoms with E-state index >= 15 is 0 Å². The maximum Gasteiger partial charge on any atom is 0.416 e. The zero-order valence-electron chi connectivity index (χ0n) is 14.7. The number of amides is 1. The van der Waals surface area contributed by atoms with Crippen LogP contribution in [0.5, 0.6) is 0 Å². The van der Waals surface area contributed by atoms with Crippen LogP contribution >= 0.6 is 11.3 Å². The number of aromatic nitrogens is 1. The molecule has 0 saturated carbocycles. The van der Waals surface area contributed by atoms with E-state index in [1.165, 1.54) is 12.1 Å². The fourth-order valence-electron chi connectivity index (χ4n) is 2.59. The van der Waals surface area contributed by atoms with E-state index in [0.717, 1.165) is 27.4 Å². The molecule has 1 amide bonds. The number of hydrogen-bond acceptors (Lipinski definition) is 4. The van der Waals surface area contributed by atoms with Gasteiger partial charge in [-0.3, -0.25) is 9.69 Å². The number of fused-ring (bicyclic) bond motifs is 1. The summed E-state index contributed by atoms with van der Waals surface area (Å²) in [6.07, 6.45) is -4.45. The van der Waals surface area contributed by atoms with Crippen LogP contribution in [0, 0.1) is 0 Å². The number of halogens is 3. The molecule has 0 bridgehead atoms. The van der Waals surface area contributed by atoms with E-state index in [9.17, 15) is 18.0 Å². The van der Waals surface area contributed by atoms with Crippen molar-refractivity contribution in [2.75, 3.05) is 18.9 Å². The number of thiazole rings is 1. The number of benzene rings is 2. The Morgan fingerprint density at radius 2 is 1.96 bits per heavy atom. The Kier molecular flexibility index (Phi) is 5.48. The first-order valence-corrected chi connectivity index (χ1v) is 9.08. The van der Waals surface area contributed by atoms with Crippen LogP contribution in [0.4, 0.5) is 18.9 Å². The first-order chi connectivity index (χ1) is 12.7. The highest BCUT2D eigenvalue weighted by Gasteiger charge is 2.30. The van der Waals surface area contributed by atoms with Crippen molar-refractivity contribution in [1.29, 1.82) is 0 Å². The van der Waals surface area contributed by atoms with Crippen LogP contribution in [0.1, 0.15) is 23.5 Å². The van der Waals surface area contributed by atoms with Crippen molar-refractivity contribution in [3.8, 4) is 0 Å². The molecular weight excluding hydrogens is 375 g/mol. The summed E-state index contributed by atoms with van der Waals surface area (Å²) in [4.78, 5) is 18.6. The van der Waals surface area contributed by atoms with Gasteiger partial charge in [0.25, 0.3) is 0 Å². The van der Waals surface area contributed by atoms with Crippen molar-refractivity contribution in [2.24, 2.45) is 0 Å². The molecule has 0 unspecified atom stereocenters. The minimum atomic E-state index is -4.45. The Morgan fingerprint density at radius 1 is 1.22 bits per heavy atom. The number of alkyl halides is 3. The minimum absolute atomic E-state index is 0.0351. The van der Waals surface area contributed by atoms with Gasteiger partial charge in [-0.25, -0.2) is 4.98 Å². The van der Waals surface area contributed by atoms with E-state index in [1.54, 1.807) is 23.3 Å². The van der Waals surface area contributed by atoms with E-state index in [-0.39, 0.29) is 24.2 Å². The molecule has 142 valence electrons. The summed E-state index contributed by atoms with van der Waals surface area (Å²) in [5.41, 5.74) is 0.235. The molecule has 0 aliphatic heterocycles. The van der Waals surface area contributed by atoms with Crippen molar-refractivity contribution >= 4 is 33.1 Å². The Balaban J connectivity index is 1.65. The lowest BCUT2D eigenvalue weighted by Gasteiger charge is -2.22. The molecule has 3 rings (SSSR count). The lowest BCUT2D eigenvalue weighted by Crippen LogP contribution is -2.32. The number of rotatable bonds is 5. The van der Waals surface area contributed by atoms with E-state index < -0.39 is 11.7 Å². The second-order valence-corrected chi connectivity index (χ2v) is 7.30. The van der Waals surface area contributed by atoms with Gasteiger partial charge in [-0.05, 0) is 44.3 Å². The molecular formula is C19H18F3N3OS. The monoisotopic (exact) mass is 393 g/mol. The number of carbonyl (C=O) groups excluding carboxylic acids is 1. The van der Waals surface area contributed by atoms with Crippen LogP contribution < -0.4 is 5.32 Å². The maximum atomic E-state index is 12.8. The van der Waals surface area contributed by atoms with Crippen LogP contribution in [0.15, 0.2) is 48.5 Å². The van der Waals surface area contributed by atoms with Gasteiger partial charge in [0.1, 0.15) is 5.01 Å². The molecule has 3 aromatic rings. The Bertz CT molecular complexity index is 922. The first-order valence-electron chi connectivity index (χ1n) is 8.27. The zero-order chi connectivity index (χ0) is 19.6. The topological polar surface area (TPSA) is 45.2 Å². The van der Waals surface area contributed by atoms with Gasteiger partial charge in [0.05, 0.1) is 28.4 Å². The van der Waals surface area contributed by atoms with E-state index in [0.29, 0.717) is 0 Å². The fourth-order valence-corrected chi connectivity index (χ4v) is 3.68. The van der Waals surface area contributed by atoms with E-state index in [2.05, 4.69) is 10.3 Å². The number of likely N-dealkylation sites (N-methyl/N-ethyl adjacent to an activating group) is 1. The van der Waals surface area contributed by atoms with Gasteiger partial charge in [-0.2, -0.15) is 13.2 Å². The van der Waals surface area contributed by atoms with Gasteiger partial charge in [-0.1, -0.05) is 18.2 Å². The molecule has 1 N–H and O–H groups in total. The summed E-state index contributed by atoms with van der Waals surface area (Å²) in [7, 11) is 1.78. The Morgan fingerprint density at radius 3 is 2.67 bits per heavy atom. The third-order valence-electron chi connectivity index (χ3n) is 4.20. The molecule has 1 heterocycles. The molecule has 27 heavy (non-hydrogen) atoms. The van der Waals surface area contributed by atoms with Gasteiger partial charge in [0.15, 0.2) is 0 Å². The predicted octanol–water partition coefficient (Wildman–Crippen LogP) is 4.95. The third-order valence-corrected chi connectivity index (χ3v) is 5.40. The summed E-state index contributed by atoms with van der Waals surface area (Å²) >= 11 is 1.56. The van der Waals surface area contributed by atoms with Gasteiger partial charge in [-0.15, -0.1) is 11.3 Å². The average molecular weight is 393 g/mol. The quantitative estimate of drug-likeness (QED) is 0.667. The number of hydrogen-bond donors (Lipinski definition) is 1. The molecule has 0 radical (unpaired) electrons. The largest absolute Gasteiger partial charge is 0.416 e. The van der Waals surface area contributed by atoms with Crippen molar-refractivity contribution in [3.05, 3.63) is 59.1 Å². The van der Waals surface area contributed by atoms with Crippen molar-refractivity contribution in [3.63, 3.8) is 0 Å². The SMILES string of the molecule is C[C@@H](c1nc2ccccc2s1)N(C)CC(=O)Nc1cccc(C(F)(F)F)c1. The molecule has 8 heteroatoms. The molecule has 1 atom stereocenters. The standard InChI is InChI=1S/C19H18F3N3OS/c1-12(18-24-15-8-3-4-9-16(15)27-18)25(2)11-17(26)23-14-7-5-6-13(10-14)19(20,21)22/h3-10,12H,11H2,1-2H3,(H,23,26)/t12-/m0/s1. The fraction of sp³-hybridized carbons (Fsp3) is 0.263. The molecule has 1 aromatic heterocycles. The van der Waals surface area contributed by atoms with Crippen LogP contribution in [-0.2, 0) is 11.0 Å². The van der Waals surface area contributed by atoms with Gasteiger partial charge in [0, 0.05) is 5.69 Å². The highest BCUT2D eigenvalue weighted by Crippen LogP contribution is 2.31. The molecule has 0 spiro atoms. The minimum Gasteiger partial charge on any atom is -0.325 e. The van der Waals surface area contributed by atoms with E-state index in [4.69, 9.17) is 0 Å². The molecule has 0 fully saturated rings. The van der Waals surface area contributed by atoms with Gasteiger partial charge >= 0.3 is 6.18 Å². The van der Waals surface area contributed by atoms with Gasteiger partial charge in [0.2, 0.25) is 5.91 Å². The van der Waals surface area contributed by atoms with Crippen LogP contribution in [-0.4, -0.2) is 29.4 Å². The Hall–Kier alpha value is -2.45. The number of carbonyl (C=O) groups is 1. The summed E-state index contributed by atoms with van der Waals surface area (Å²) in [6.45, 7) is 1.97. The summed E-state index contributed by atoms with van der Waals surface area (Å²) in [5, 5.41) is 3.40. The normalized spacial score (nSPS) is 13.1.